The van der Waals surface area contributed by atoms with Gasteiger partial charge < -0.3 is 9.64 Å². The number of hydrogen-bond donors (Lipinski definition) is 0. The van der Waals surface area contributed by atoms with E-state index in [1.807, 2.05) is 4.90 Å². The average molecular weight is 283 g/mol. The molecule has 2 atom stereocenters. The molecule has 0 saturated carbocycles. The van der Waals surface area contributed by atoms with Gasteiger partial charge in [-0.25, -0.2) is 0 Å². The minimum Gasteiger partial charge on any atom is -0.469 e. The van der Waals surface area contributed by atoms with Crippen molar-refractivity contribution in [2.45, 2.75) is 53.4 Å². The number of hydrogen-bond acceptors (Lipinski definition) is 3. The van der Waals surface area contributed by atoms with Gasteiger partial charge in [-0.3, -0.25) is 9.59 Å². The molecule has 1 amide bonds. The third kappa shape index (κ3) is 5.51. The number of methoxy groups -OCH3 is 1. The standard InChI is InChI=1S/C16H29NO3/c1-12(10-16(2,3)4)9-14(18)17-8-6-7-13(11-17)15(19)20-5/h12-13H,6-11H2,1-5H3. The second-order valence-electron chi connectivity index (χ2n) is 7.28. The van der Waals surface area contributed by atoms with Crippen LogP contribution in [0.25, 0.3) is 0 Å². The van der Waals surface area contributed by atoms with Gasteiger partial charge in [0.1, 0.15) is 0 Å². The average Bonchev–Trinajstić information content (AvgIpc) is 2.35. The molecule has 4 nitrogen and oxygen atoms in total. The Kier molecular flexibility index (Phi) is 6.03. The van der Waals surface area contributed by atoms with E-state index in [0.29, 0.717) is 18.9 Å². The van der Waals surface area contributed by atoms with Crippen molar-refractivity contribution < 1.29 is 14.3 Å². The summed E-state index contributed by atoms with van der Waals surface area (Å²) in [4.78, 5) is 25.7. The number of ether oxygens (including phenoxy) is 1. The molecule has 20 heavy (non-hydrogen) atoms. The fourth-order valence-electron chi connectivity index (χ4n) is 3.11. The number of carbonyl (C=O) groups is 2. The topological polar surface area (TPSA) is 46.6 Å². The molecule has 0 aromatic rings. The molecule has 2 unspecified atom stereocenters. The lowest BCUT2D eigenvalue weighted by Crippen LogP contribution is -2.43. The molecule has 0 spiro atoms. The molecule has 0 aromatic carbocycles. The lowest BCUT2D eigenvalue weighted by Gasteiger charge is -2.32. The molecule has 1 saturated heterocycles. The fourth-order valence-corrected chi connectivity index (χ4v) is 3.11. The summed E-state index contributed by atoms with van der Waals surface area (Å²) in [6, 6.07) is 0. The Bertz CT molecular complexity index is 346. The summed E-state index contributed by atoms with van der Waals surface area (Å²) >= 11 is 0. The van der Waals surface area contributed by atoms with Crippen LogP contribution in [0.15, 0.2) is 0 Å². The van der Waals surface area contributed by atoms with Gasteiger partial charge in [-0.1, -0.05) is 27.7 Å². The number of carbonyl (C=O) groups excluding carboxylic acids is 2. The smallest absolute Gasteiger partial charge is 0.310 e. The first-order valence-corrected chi connectivity index (χ1v) is 7.58. The Balaban J connectivity index is 2.48. The van der Waals surface area contributed by atoms with E-state index in [4.69, 9.17) is 4.74 Å². The van der Waals surface area contributed by atoms with E-state index in [1.165, 1.54) is 7.11 Å². The van der Waals surface area contributed by atoms with Crippen LogP contribution < -0.4 is 0 Å². The third-order valence-electron chi connectivity index (χ3n) is 3.79. The van der Waals surface area contributed by atoms with Crippen LogP contribution in [0.3, 0.4) is 0 Å². The number of rotatable bonds is 4. The molecule has 0 aromatic heterocycles. The van der Waals surface area contributed by atoms with Crippen molar-refractivity contribution in [1.29, 1.82) is 0 Å². The molecular formula is C16H29NO3. The maximum Gasteiger partial charge on any atom is 0.310 e. The van der Waals surface area contributed by atoms with Crippen LogP contribution in [0, 0.1) is 17.3 Å². The molecule has 0 N–H and O–H groups in total. The van der Waals surface area contributed by atoms with Gasteiger partial charge >= 0.3 is 5.97 Å². The monoisotopic (exact) mass is 283 g/mol. The molecule has 0 radical (unpaired) electrons. The highest BCUT2D eigenvalue weighted by atomic mass is 16.5. The van der Waals surface area contributed by atoms with E-state index < -0.39 is 0 Å². The molecule has 0 bridgehead atoms. The van der Waals surface area contributed by atoms with Gasteiger partial charge in [0, 0.05) is 19.5 Å². The Morgan fingerprint density at radius 2 is 2.00 bits per heavy atom. The lowest BCUT2D eigenvalue weighted by molar-refractivity contribution is -0.149. The predicted octanol–water partition coefficient (Wildman–Crippen LogP) is 2.86. The molecule has 1 aliphatic heterocycles. The summed E-state index contributed by atoms with van der Waals surface area (Å²) in [7, 11) is 1.41. The lowest BCUT2D eigenvalue weighted by atomic mass is 9.84. The number of esters is 1. The summed E-state index contributed by atoms with van der Waals surface area (Å²) < 4.78 is 4.79. The molecule has 1 heterocycles. The van der Waals surface area contributed by atoms with Gasteiger partial charge in [-0.15, -0.1) is 0 Å². The van der Waals surface area contributed by atoms with Crippen LogP contribution in [0.5, 0.6) is 0 Å². The SMILES string of the molecule is COC(=O)C1CCCN(C(=O)CC(C)CC(C)(C)C)C1. The fraction of sp³-hybridized carbons (Fsp3) is 0.875. The summed E-state index contributed by atoms with van der Waals surface area (Å²) in [5.74, 6) is 0.220. The maximum absolute atomic E-state index is 12.3. The predicted molar refractivity (Wildman–Crippen MR) is 79.2 cm³/mol. The summed E-state index contributed by atoms with van der Waals surface area (Å²) in [6.07, 6.45) is 3.32. The van der Waals surface area contributed by atoms with Crippen molar-refractivity contribution in [3.8, 4) is 0 Å². The minimum atomic E-state index is -0.190. The highest BCUT2D eigenvalue weighted by molar-refractivity contribution is 5.78. The number of amides is 1. The van der Waals surface area contributed by atoms with Crippen molar-refractivity contribution in [2.75, 3.05) is 20.2 Å². The molecule has 4 heteroatoms. The Morgan fingerprint density at radius 3 is 2.55 bits per heavy atom. The first-order valence-electron chi connectivity index (χ1n) is 7.58. The second-order valence-corrected chi connectivity index (χ2v) is 7.28. The van der Waals surface area contributed by atoms with E-state index in [1.54, 1.807) is 0 Å². The zero-order valence-electron chi connectivity index (χ0n) is 13.6. The van der Waals surface area contributed by atoms with Gasteiger partial charge in [-0.2, -0.15) is 0 Å². The van der Waals surface area contributed by atoms with Crippen molar-refractivity contribution in [3.63, 3.8) is 0 Å². The normalized spacial score (nSPS) is 21.4. The third-order valence-corrected chi connectivity index (χ3v) is 3.79. The van der Waals surface area contributed by atoms with Crippen LogP contribution in [0.2, 0.25) is 0 Å². The maximum atomic E-state index is 12.3. The Hall–Kier alpha value is -1.06. The molecule has 1 fully saturated rings. The van der Waals surface area contributed by atoms with Crippen LogP contribution >= 0.6 is 0 Å². The van der Waals surface area contributed by atoms with E-state index in [0.717, 1.165) is 25.8 Å². The van der Waals surface area contributed by atoms with Gasteiger partial charge in [0.25, 0.3) is 0 Å². The summed E-state index contributed by atoms with van der Waals surface area (Å²) in [6.45, 7) is 10.0. The van der Waals surface area contributed by atoms with Crippen LogP contribution in [0.4, 0.5) is 0 Å². The van der Waals surface area contributed by atoms with Crippen molar-refractivity contribution in [2.24, 2.45) is 17.3 Å². The number of nitrogens with zero attached hydrogens (tertiary/aromatic N) is 1. The van der Waals surface area contributed by atoms with Crippen molar-refractivity contribution >= 4 is 11.9 Å². The number of likely N-dealkylation sites (tertiary alicyclic amines) is 1. The van der Waals surface area contributed by atoms with E-state index in [2.05, 4.69) is 27.7 Å². The minimum absolute atomic E-state index is 0.143. The van der Waals surface area contributed by atoms with Gasteiger partial charge in [0.05, 0.1) is 13.0 Å². The van der Waals surface area contributed by atoms with Crippen molar-refractivity contribution in [1.82, 2.24) is 4.90 Å². The van der Waals surface area contributed by atoms with E-state index in [-0.39, 0.29) is 23.2 Å². The molecule has 0 aliphatic carbocycles. The molecule has 116 valence electrons. The zero-order valence-corrected chi connectivity index (χ0v) is 13.6. The second kappa shape index (κ2) is 7.09. The summed E-state index contributed by atoms with van der Waals surface area (Å²) in [5.41, 5.74) is 0.246. The molecule has 1 rings (SSSR count). The van der Waals surface area contributed by atoms with Crippen molar-refractivity contribution in [3.05, 3.63) is 0 Å². The first kappa shape index (κ1) is 17.0. The highest BCUT2D eigenvalue weighted by Crippen LogP contribution is 2.27. The molecule has 1 aliphatic rings. The Labute approximate surface area is 122 Å². The van der Waals surface area contributed by atoms with Gasteiger partial charge in [-0.05, 0) is 30.6 Å². The number of piperidine rings is 1. The van der Waals surface area contributed by atoms with Crippen LogP contribution in [-0.2, 0) is 14.3 Å². The van der Waals surface area contributed by atoms with E-state index >= 15 is 0 Å². The first-order chi connectivity index (χ1) is 9.23. The van der Waals surface area contributed by atoms with Gasteiger partial charge in [0.15, 0.2) is 0 Å². The van der Waals surface area contributed by atoms with E-state index in [9.17, 15) is 9.59 Å². The van der Waals surface area contributed by atoms with Crippen LogP contribution in [-0.4, -0.2) is 37.0 Å². The van der Waals surface area contributed by atoms with Gasteiger partial charge in [0.2, 0.25) is 5.91 Å². The highest BCUT2D eigenvalue weighted by Gasteiger charge is 2.29. The molecular weight excluding hydrogens is 254 g/mol. The quantitative estimate of drug-likeness (QED) is 0.745. The Morgan fingerprint density at radius 1 is 1.35 bits per heavy atom. The van der Waals surface area contributed by atoms with Crippen LogP contribution in [0.1, 0.15) is 53.4 Å². The largest absolute Gasteiger partial charge is 0.469 e. The zero-order chi connectivity index (χ0) is 15.3. The summed E-state index contributed by atoms with van der Waals surface area (Å²) in [5, 5.41) is 0.